The van der Waals surface area contributed by atoms with Crippen LogP contribution >= 0.6 is 0 Å². The van der Waals surface area contributed by atoms with Crippen LogP contribution in [0.15, 0.2) is 93.2 Å². The molecule has 0 aliphatic rings. The van der Waals surface area contributed by atoms with Gasteiger partial charge in [0.2, 0.25) is 26.6 Å². The molecule has 1 N–H and O–H groups in total. The van der Waals surface area contributed by atoms with Crippen molar-refractivity contribution in [1.82, 2.24) is 4.98 Å². The minimum Gasteiger partial charge on any atom is -0.497 e. The van der Waals surface area contributed by atoms with Gasteiger partial charge in [0.1, 0.15) is 5.75 Å². The van der Waals surface area contributed by atoms with Crippen LogP contribution in [0.2, 0.25) is 0 Å². The zero-order valence-corrected chi connectivity index (χ0v) is 18.7. The number of hydrogen-bond donors (Lipinski definition) is 1. The van der Waals surface area contributed by atoms with Crippen molar-refractivity contribution in [2.24, 2.45) is 0 Å². The minimum atomic E-state index is -3.89. The van der Waals surface area contributed by atoms with E-state index in [0.29, 0.717) is 17.9 Å². The molecule has 4 aromatic rings. The monoisotopic (exact) mass is 448 g/mol. The molecule has 0 saturated carbocycles. The van der Waals surface area contributed by atoms with Gasteiger partial charge in [0, 0.05) is 12.1 Å². The number of nitrogens with zero attached hydrogens (tertiary/aromatic N) is 1. The van der Waals surface area contributed by atoms with Gasteiger partial charge >= 0.3 is 0 Å². The van der Waals surface area contributed by atoms with Gasteiger partial charge in [-0.05, 0) is 53.9 Å². The molecule has 7 heteroatoms. The number of anilines is 1. The Morgan fingerprint density at radius 3 is 2.22 bits per heavy atom. The predicted octanol–water partition coefficient (Wildman–Crippen LogP) is 5.36. The molecule has 1 heterocycles. The summed E-state index contributed by atoms with van der Waals surface area (Å²) in [4.78, 5) is 4.55. The summed E-state index contributed by atoms with van der Waals surface area (Å²) in [5.74, 6) is 1.01. The maximum Gasteiger partial charge on any atom is 0.234 e. The van der Waals surface area contributed by atoms with Crippen LogP contribution in [0, 0.1) is 0 Å². The fraction of sp³-hybridized carbons (Fsp3) is 0.160. The molecule has 0 spiro atoms. The van der Waals surface area contributed by atoms with Crippen LogP contribution in [0.25, 0.3) is 11.5 Å². The lowest BCUT2D eigenvalue weighted by atomic mass is 10.2. The van der Waals surface area contributed by atoms with Crippen LogP contribution < -0.4 is 10.1 Å². The summed E-state index contributed by atoms with van der Waals surface area (Å²) in [6.45, 7) is 2.42. The van der Waals surface area contributed by atoms with Gasteiger partial charge in [-0.25, -0.2) is 8.42 Å². The highest BCUT2D eigenvalue weighted by Crippen LogP contribution is 2.33. The highest BCUT2D eigenvalue weighted by molar-refractivity contribution is 7.91. The van der Waals surface area contributed by atoms with E-state index in [4.69, 9.17) is 9.15 Å². The SMILES string of the molecule is CCc1ccc(S(=O)(=O)c2nc(-c3ccc(OC)cc3)oc2NCc2ccccc2)cc1. The molecule has 0 saturated heterocycles. The number of methoxy groups -OCH3 is 1. The largest absolute Gasteiger partial charge is 0.497 e. The molecule has 1 aromatic heterocycles. The number of benzene rings is 3. The number of hydrogen-bond acceptors (Lipinski definition) is 6. The van der Waals surface area contributed by atoms with E-state index in [1.807, 2.05) is 49.4 Å². The first-order valence-electron chi connectivity index (χ1n) is 10.3. The van der Waals surface area contributed by atoms with Crippen molar-refractivity contribution < 1.29 is 17.6 Å². The molecular weight excluding hydrogens is 424 g/mol. The van der Waals surface area contributed by atoms with Crippen LogP contribution in [-0.4, -0.2) is 20.5 Å². The van der Waals surface area contributed by atoms with Crippen molar-refractivity contribution in [1.29, 1.82) is 0 Å². The predicted molar refractivity (Wildman–Crippen MR) is 124 cm³/mol. The molecule has 0 unspecified atom stereocenters. The van der Waals surface area contributed by atoms with Gasteiger partial charge in [-0.3, -0.25) is 0 Å². The topological polar surface area (TPSA) is 81.4 Å². The summed E-state index contributed by atoms with van der Waals surface area (Å²) >= 11 is 0. The molecule has 0 radical (unpaired) electrons. The van der Waals surface area contributed by atoms with E-state index in [1.165, 1.54) is 0 Å². The van der Waals surface area contributed by atoms with E-state index in [1.54, 1.807) is 43.5 Å². The van der Waals surface area contributed by atoms with E-state index in [2.05, 4.69) is 10.3 Å². The third-order valence-electron chi connectivity index (χ3n) is 5.13. The van der Waals surface area contributed by atoms with Gasteiger partial charge < -0.3 is 14.5 Å². The third kappa shape index (κ3) is 4.53. The molecule has 0 amide bonds. The molecule has 32 heavy (non-hydrogen) atoms. The van der Waals surface area contributed by atoms with Crippen molar-refractivity contribution in [2.45, 2.75) is 29.8 Å². The fourth-order valence-corrected chi connectivity index (χ4v) is 4.53. The van der Waals surface area contributed by atoms with E-state index in [-0.39, 0.29) is 21.7 Å². The molecule has 4 rings (SSSR count). The van der Waals surface area contributed by atoms with Crippen molar-refractivity contribution in [3.05, 3.63) is 90.0 Å². The lowest BCUT2D eigenvalue weighted by molar-refractivity contribution is 0.415. The smallest absolute Gasteiger partial charge is 0.234 e. The van der Waals surface area contributed by atoms with Gasteiger partial charge in [-0.15, -0.1) is 0 Å². The van der Waals surface area contributed by atoms with E-state index >= 15 is 0 Å². The number of oxazole rings is 1. The maximum absolute atomic E-state index is 13.4. The van der Waals surface area contributed by atoms with E-state index < -0.39 is 9.84 Å². The molecule has 164 valence electrons. The van der Waals surface area contributed by atoms with Gasteiger partial charge in [0.15, 0.2) is 0 Å². The summed E-state index contributed by atoms with van der Waals surface area (Å²) in [7, 11) is -2.31. The number of sulfone groups is 1. The van der Waals surface area contributed by atoms with Crippen molar-refractivity contribution in [2.75, 3.05) is 12.4 Å². The minimum absolute atomic E-state index is 0.110. The zero-order chi connectivity index (χ0) is 22.6. The second-order valence-corrected chi connectivity index (χ2v) is 9.09. The number of ether oxygens (including phenoxy) is 1. The second kappa shape index (κ2) is 9.28. The fourth-order valence-electron chi connectivity index (χ4n) is 3.25. The summed E-state index contributed by atoms with van der Waals surface area (Å²) in [5, 5.41) is 2.97. The van der Waals surface area contributed by atoms with Crippen LogP contribution in [0.4, 0.5) is 5.88 Å². The van der Waals surface area contributed by atoms with Gasteiger partial charge in [0.05, 0.1) is 12.0 Å². The van der Waals surface area contributed by atoms with Gasteiger partial charge in [-0.1, -0.05) is 49.4 Å². The summed E-state index contributed by atoms with van der Waals surface area (Å²) in [6, 6.07) is 23.6. The molecule has 6 nitrogen and oxygen atoms in total. The Labute approximate surface area is 187 Å². The Morgan fingerprint density at radius 2 is 1.59 bits per heavy atom. The average Bonchev–Trinajstić information content (AvgIpc) is 3.29. The van der Waals surface area contributed by atoms with E-state index in [9.17, 15) is 8.42 Å². The summed E-state index contributed by atoms with van der Waals surface area (Å²) in [6.07, 6.45) is 0.829. The highest BCUT2D eigenvalue weighted by atomic mass is 32.2. The molecule has 3 aromatic carbocycles. The normalized spacial score (nSPS) is 11.3. The molecular formula is C25H24N2O4S. The van der Waals surface area contributed by atoms with Crippen molar-refractivity contribution in [3.63, 3.8) is 0 Å². The molecule has 0 aliphatic carbocycles. The third-order valence-corrected chi connectivity index (χ3v) is 6.80. The second-order valence-electron chi connectivity index (χ2n) is 7.22. The molecule has 0 fully saturated rings. The molecule has 0 bridgehead atoms. The summed E-state index contributed by atoms with van der Waals surface area (Å²) in [5.41, 5.74) is 2.70. The van der Waals surface area contributed by atoms with Crippen molar-refractivity contribution >= 4 is 15.7 Å². The molecule has 0 aliphatic heterocycles. The van der Waals surface area contributed by atoms with Crippen LogP contribution in [0.1, 0.15) is 18.1 Å². The quantitative estimate of drug-likeness (QED) is 0.391. The Kier molecular flexibility index (Phi) is 6.28. The lowest BCUT2D eigenvalue weighted by Gasteiger charge is -2.07. The van der Waals surface area contributed by atoms with Crippen LogP contribution in [0.3, 0.4) is 0 Å². The Hall–Kier alpha value is -3.58. The van der Waals surface area contributed by atoms with Crippen LogP contribution in [0.5, 0.6) is 5.75 Å². The number of aromatic nitrogens is 1. The number of nitrogens with one attached hydrogen (secondary N) is 1. The number of rotatable bonds is 8. The Bertz CT molecular complexity index is 1280. The zero-order valence-electron chi connectivity index (χ0n) is 17.9. The van der Waals surface area contributed by atoms with Gasteiger partial charge in [0.25, 0.3) is 0 Å². The first-order chi connectivity index (χ1) is 15.5. The highest BCUT2D eigenvalue weighted by Gasteiger charge is 2.28. The summed E-state index contributed by atoms with van der Waals surface area (Å²) < 4.78 is 38.0. The van der Waals surface area contributed by atoms with E-state index in [0.717, 1.165) is 17.5 Å². The first kappa shape index (κ1) is 21.6. The standard InChI is InChI=1S/C25H24N2O4S/c1-3-18-9-15-22(16-10-18)32(28,29)25-24(26-17-19-7-5-4-6-8-19)31-23(27-25)20-11-13-21(30-2)14-12-20/h4-16,26H,3,17H2,1-2H3. The Morgan fingerprint density at radius 1 is 0.906 bits per heavy atom. The van der Waals surface area contributed by atoms with Crippen molar-refractivity contribution in [3.8, 4) is 17.2 Å². The average molecular weight is 449 g/mol. The maximum atomic E-state index is 13.4. The Balaban J connectivity index is 1.74. The van der Waals surface area contributed by atoms with Gasteiger partial charge in [-0.2, -0.15) is 4.98 Å². The van der Waals surface area contributed by atoms with Crippen LogP contribution in [-0.2, 0) is 22.8 Å². The molecule has 0 atom stereocenters. The lowest BCUT2D eigenvalue weighted by Crippen LogP contribution is -2.07. The number of aryl methyl sites for hydroxylation is 1. The first-order valence-corrected chi connectivity index (χ1v) is 11.8.